The number of hydrogen-bond acceptors (Lipinski definition) is 4. The van der Waals surface area contributed by atoms with Gasteiger partial charge in [0, 0.05) is 11.6 Å². The molecule has 2 N–H and O–H groups in total. The maximum absolute atomic E-state index is 11.9. The lowest BCUT2D eigenvalue weighted by atomic mass is 10.1. The van der Waals surface area contributed by atoms with Crippen LogP contribution in [0.5, 0.6) is 11.5 Å². The number of amides is 1. The molecular weight excluding hydrogens is 274 g/mol. The summed E-state index contributed by atoms with van der Waals surface area (Å²) >= 11 is 0. The van der Waals surface area contributed by atoms with Gasteiger partial charge in [-0.15, -0.1) is 6.58 Å². The Kier molecular flexibility index (Phi) is 6.26. The second-order valence-electron chi connectivity index (χ2n) is 4.34. The molecule has 0 aromatic heterocycles. The third-order valence-electron chi connectivity index (χ3n) is 2.88. The minimum Gasteiger partial charge on any atom is -0.497 e. The van der Waals surface area contributed by atoms with Gasteiger partial charge in [0.1, 0.15) is 17.5 Å². The minimum atomic E-state index is -1.09. The van der Waals surface area contributed by atoms with Crippen LogP contribution in [-0.2, 0) is 16.0 Å². The van der Waals surface area contributed by atoms with Gasteiger partial charge in [-0.05, 0) is 12.5 Å². The van der Waals surface area contributed by atoms with E-state index in [-0.39, 0.29) is 12.8 Å². The fraction of sp³-hybridized carbons (Fsp3) is 0.333. The highest BCUT2D eigenvalue weighted by Gasteiger charge is 2.19. The van der Waals surface area contributed by atoms with Crippen molar-refractivity contribution in [3.8, 4) is 11.5 Å². The molecule has 114 valence electrons. The SMILES string of the molecule is C=CCC(NC(=O)Cc1ccc(OC)cc1OC)C(=O)O. The summed E-state index contributed by atoms with van der Waals surface area (Å²) < 4.78 is 10.3. The number of carbonyl (C=O) groups is 2. The molecule has 0 spiro atoms. The minimum absolute atomic E-state index is 0.0219. The molecule has 0 aliphatic rings. The van der Waals surface area contributed by atoms with Gasteiger partial charge in [0.15, 0.2) is 0 Å². The first-order valence-electron chi connectivity index (χ1n) is 6.35. The Labute approximate surface area is 123 Å². The molecule has 0 bridgehead atoms. The number of hydrogen-bond donors (Lipinski definition) is 2. The number of nitrogens with one attached hydrogen (secondary N) is 1. The Morgan fingerprint density at radius 2 is 2.10 bits per heavy atom. The molecule has 21 heavy (non-hydrogen) atoms. The summed E-state index contributed by atoms with van der Waals surface area (Å²) in [6.45, 7) is 3.47. The molecule has 1 aromatic carbocycles. The van der Waals surface area contributed by atoms with Crippen LogP contribution in [0.4, 0.5) is 0 Å². The lowest BCUT2D eigenvalue weighted by Crippen LogP contribution is -2.41. The molecule has 0 fully saturated rings. The van der Waals surface area contributed by atoms with Gasteiger partial charge in [-0.1, -0.05) is 12.1 Å². The number of ether oxygens (including phenoxy) is 2. The zero-order chi connectivity index (χ0) is 15.8. The fourth-order valence-corrected chi connectivity index (χ4v) is 1.80. The molecule has 0 aliphatic carbocycles. The standard InChI is InChI=1S/C15H19NO5/c1-4-5-12(15(18)19)16-14(17)8-10-6-7-11(20-2)9-13(10)21-3/h4,6-7,9,12H,1,5,8H2,2-3H3,(H,16,17)(H,18,19). The van der Waals surface area contributed by atoms with Gasteiger partial charge >= 0.3 is 5.97 Å². The Balaban J connectivity index is 2.78. The molecule has 0 saturated carbocycles. The van der Waals surface area contributed by atoms with Crippen molar-refractivity contribution in [1.29, 1.82) is 0 Å². The number of carboxylic acid groups (broad SMARTS) is 1. The van der Waals surface area contributed by atoms with Gasteiger partial charge in [-0.3, -0.25) is 4.79 Å². The Morgan fingerprint density at radius 3 is 2.62 bits per heavy atom. The van der Waals surface area contributed by atoms with Gasteiger partial charge in [-0.2, -0.15) is 0 Å². The highest BCUT2D eigenvalue weighted by atomic mass is 16.5. The van der Waals surface area contributed by atoms with E-state index in [4.69, 9.17) is 14.6 Å². The summed E-state index contributed by atoms with van der Waals surface area (Å²) in [6.07, 6.45) is 1.64. The first-order valence-corrected chi connectivity index (χ1v) is 6.35. The predicted molar refractivity (Wildman–Crippen MR) is 77.6 cm³/mol. The van der Waals surface area contributed by atoms with E-state index in [9.17, 15) is 9.59 Å². The normalized spacial score (nSPS) is 11.3. The molecule has 1 aromatic rings. The van der Waals surface area contributed by atoms with E-state index >= 15 is 0 Å². The summed E-state index contributed by atoms with van der Waals surface area (Å²) in [6, 6.07) is 4.12. The van der Waals surface area contributed by atoms with E-state index in [1.54, 1.807) is 18.2 Å². The van der Waals surface area contributed by atoms with Crippen molar-refractivity contribution in [2.75, 3.05) is 14.2 Å². The molecule has 0 saturated heterocycles. The van der Waals surface area contributed by atoms with Crippen LogP contribution in [0.25, 0.3) is 0 Å². The average molecular weight is 293 g/mol. The fourth-order valence-electron chi connectivity index (χ4n) is 1.80. The number of benzene rings is 1. The van der Waals surface area contributed by atoms with E-state index in [1.165, 1.54) is 20.3 Å². The van der Waals surface area contributed by atoms with Crippen LogP contribution in [0.3, 0.4) is 0 Å². The average Bonchev–Trinajstić information content (AvgIpc) is 2.47. The van der Waals surface area contributed by atoms with Crippen LogP contribution >= 0.6 is 0 Å². The molecule has 0 aliphatic heterocycles. The van der Waals surface area contributed by atoms with Gasteiger partial charge < -0.3 is 19.9 Å². The molecule has 6 heteroatoms. The quantitative estimate of drug-likeness (QED) is 0.708. The maximum atomic E-state index is 11.9. The van der Waals surface area contributed by atoms with Gasteiger partial charge in [0.05, 0.1) is 20.6 Å². The first kappa shape index (κ1) is 16.6. The Bertz CT molecular complexity index is 527. The number of methoxy groups -OCH3 is 2. The van der Waals surface area contributed by atoms with Crippen molar-refractivity contribution >= 4 is 11.9 Å². The van der Waals surface area contributed by atoms with Crippen molar-refractivity contribution in [2.45, 2.75) is 18.9 Å². The molecule has 6 nitrogen and oxygen atoms in total. The van der Waals surface area contributed by atoms with Crippen LogP contribution in [0.2, 0.25) is 0 Å². The summed E-state index contributed by atoms with van der Waals surface area (Å²) in [7, 11) is 3.03. The van der Waals surface area contributed by atoms with Crippen LogP contribution < -0.4 is 14.8 Å². The Hall–Kier alpha value is -2.50. The van der Waals surface area contributed by atoms with Gasteiger partial charge in [0.25, 0.3) is 0 Å². The second-order valence-corrected chi connectivity index (χ2v) is 4.34. The Morgan fingerprint density at radius 1 is 1.38 bits per heavy atom. The largest absolute Gasteiger partial charge is 0.497 e. The van der Waals surface area contributed by atoms with Gasteiger partial charge in [0.2, 0.25) is 5.91 Å². The van der Waals surface area contributed by atoms with E-state index in [0.717, 1.165) is 0 Å². The number of aliphatic carboxylic acids is 1. The summed E-state index contributed by atoms with van der Waals surface area (Å²) in [5.74, 6) is -0.358. The van der Waals surface area contributed by atoms with Crippen LogP contribution in [0.15, 0.2) is 30.9 Å². The van der Waals surface area contributed by atoms with E-state index in [0.29, 0.717) is 17.1 Å². The van der Waals surface area contributed by atoms with Crippen LogP contribution in [0, 0.1) is 0 Å². The number of carbonyl (C=O) groups excluding carboxylic acids is 1. The highest BCUT2D eigenvalue weighted by molar-refractivity contribution is 5.85. The number of carboxylic acids is 1. The summed E-state index contributed by atoms with van der Waals surface area (Å²) in [5, 5.41) is 11.4. The summed E-state index contributed by atoms with van der Waals surface area (Å²) in [4.78, 5) is 22.9. The zero-order valence-electron chi connectivity index (χ0n) is 12.1. The molecular formula is C15H19NO5. The molecule has 1 atom stereocenters. The van der Waals surface area contributed by atoms with Crippen molar-refractivity contribution < 1.29 is 24.2 Å². The van der Waals surface area contributed by atoms with E-state index in [2.05, 4.69) is 11.9 Å². The van der Waals surface area contributed by atoms with Gasteiger partial charge in [-0.25, -0.2) is 4.79 Å². The van der Waals surface area contributed by atoms with E-state index in [1.807, 2.05) is 0 Å². The van der Waals surface area contributed by atoms with Crippen molar-refractivity contribution in [3.05, 3.63) is 36.4 Å². The third kappa shape index (κ3) is 4.83. The monoisotopic (exact) mass is 293 g/mol. The number of rotatable bonds is 8. The van der Waals surface area contributed by atoms with Crippen molar-refractivity contribution in [3.63, 3.8) is 0 Å². The van der Waals surface area contributed by atoms with Crippen LogP contribution in [0.1, 0.15) is 12.0 Å². The second kappa shape index (κ2) is 7.94. The topological polar surface area (TPSA) is 84.9 Å². The maximum Gasteiger partial charge on any atom is 0.326 e. The molecule has 1 unspecified atom stereocenters. The van der Waals surface area contributed by atoms with E-state index < -0.39 is 17.9 Å². The molecule has 1 amide bonds. The lowest BCUT2D eigenvalue weighted by Gasteiger charge is -2.14. The molecule has 1 rings (SSSR count). The third-order valence-corrected chi connectivity index (χ3v) is 2.88. The summed E-state index contributed by atoms with van der Waals surface area (Å²) in [5.41, 5.74) is 0.651. The highest BCUT2D eigenvalue weighted by Crippen LogP contribution is 2.24. The smallest absolute Gasteiger partial charge is 0.326 e. The lowest BCUT2D eigenvalue weighted by molar-refractivity contribution is -0.141. The van der Waals surface area contributed by atoms with Crippen LogP contribution in [-0.4, -0.2) is 37.2 Å². The molecule has 0 radical (unpaired) electrons. The predicted octanol–water partition coefficient (Wildman–Crippen LogP) is 1.39. The first-order chi connectivity index (χ1) is 10.0. The van der Waals surface area contributed by atoms with Crippen molar-refractivity contribution in [2.24, 2.45) is 0 Å². The molecule has 0 heterocycles. The van der Waals surface area contributed by atoms with Crippen molar-refractivity contribution in [1.82, 2.24) is 5.32 Å². The zero-order valence-corrected chi connectivity index (χ0v) is 12.1.